The monoisotopic (exact) mass is 424 g/mol. The molecule has 0 aliphatic carbocycles. The summed E-state index contributed by atoms with van der Waals surface area (Å²) >= 11 is 0. The van der Waals surface area contributed by atoms with Gasteiger partial charge in [0.1, 0.15) is 11.9 Å². The van der Waals surface area contributed by atoms with Gasteiger partial charge in [-0.25, -0.2) is 4.39 Å². The molecular formula is C26H21FN4O. The lowest BCUT2D eigenvalue weighted by Crippen LogP contribution is -2.27. The maximum Gasteiger partial charge on any atom is 0.253 e. The summed E-state index contributed by atoms with van der Waals surface area (Å²) in [4.78, 5) is 14.9. The van der Waals surface area contributed by atoms with E-state index in [2.05, 4.69) is 5.10 Å². The first-order valence-electron chi connectivity index (χ1n) is 10.6. The third-order valence-corrected chi connectivity index (χ3v) is 5.99. The minimum absolute atomic E-state index is 0.00335. The van der Waals surface area contributed by atoms with Crippen LogP contribution in [-0.4, -0.2) is 33.7 Å². The lowest BCUT2D eigenvalue weighted by molar-refractivity contribution is 0.0793. The molecule has 5 rings (SSSR count). The highest BCUT2D eigenvalue weighted by molar-refractivity contribution is 5.98. The van der Waals surface area contributed by atoms with Crippen molar-refractivity contribution in [3.05, 3.63) is 77.7 Å². The van der Waals surface area contributed by atoms with Gasteiger partial charge >= 0.3 is 0 Å². The molecule has 0 spiro atoms. The zero-order valence-electron chi connectivity index (χ0n) is 17.7. The van der Waals surface area contributed by atoms with Crippen LogP contribution in [0, 0.1) is 17.1 Å². The number of likely N-dealkylation sites (tertiary alicyclic amines) is 1. The summed E-state index contributed by atoms with van der Waals surface area (Å²) in [6.45, 7) is 1.53. The first kappa shape index (κ1) is 20.0. The number of hydrogen-bond acceptors (Lipinski definition) is 3. The zero-order chi connectivity index (χ0) is 22.2. The van der Waals surface area contributed by atoms with E-state index in [1.54, 1.807) is 10.7 Å². The van der Waals surface area contributed by atoms with Crippen molar-refractivity contribution in [3.63, 3.8) is 0 Å². The highest BCUT2D eigenvalue weighted by Crippen LogP contribution is 2.35. The Morgan fingerprint density at radius 3 is 2.50 bits per heavy atom. The van der Waals surface area contributed by atoms with Crippen molar-refractivity contribution < 1.29 is 9.18 Å². The molecule has 1 aromatic heterocycles. The summed E-state index contributed by atoms with van der Waals surface area (Å²) in [5.74, 6) is -0.581. The summed E-state index contributed by atoms with van der Waals surface area (Å²) in [6.07, 6.45) is 3.98. The first-order chi connectivity index (χ1) is 15.5. The quantitative estimate of drug-likeness (QED) is 0.457. The van der Waals surface area contributed by atoms with Gasteiger partial charge in [-0.1, -0.05) is 18.2 Å². The van der Waals surface area contributed by atoms with Crippen LogP contribution in [0.15, 0.2) is 60.8 Å². The fourth-order valence-corrected chi connectivity index (χ4v) is 4.36. The molecule has 0 unspecified atom stereocenters. The summed E-state index contributed by atoms with van der Waals surface area (Å²) in [6, 6.07) is 18.0. The van der Waals surface area contributed by atoms with Gasteiger partial charge in [-0.05, 0) is 71.5 Å². The number of fused-ring (bicyclic) bond motifs is 1. The van der Waals surface area contributed by atoms with Crippen LogP contribution >= 0.6 is 0 Å². The Balaban J connectivity index is 1.67. The molecule has 6 heteroatoms. The fourth-order valence-electron chi connectivity index (χ4n) is 4.36. The second-order valence-electron chi connectivity index (χ2n) is 8.14. The van der Waals surface area contributed by atoms with Crippen molar-refractivity contribution in [3.8, 4) is 28.3 Å². The summed E-state index contributed by atoms with van der Waals surface area (Å²) in [5, 5.41) is 14.5. The van der Waals surface area contributed by atoms with Gasteiger partial charge in [0.2, 0.25) is 0 Å². The molecular weight excluding hydrogens is 403 g/mol. The molecule has 3 aromatic carbocycles. The Bertz CT molecular complexity index is 1390. The average molecular weight is 424 g/mol. The van der Waals surface area contributed by atoms with Gasteiger partial charge in [0.25, 0.3) is 5.91 Å². The van der Waals surface area contributed by atoms with Crippen LogP contribution < -0.4 is 0 Å². The molecule has 1 saturated heterocycles. The second-order valence-corrected chi connectivity index (χ2v) is 8.14. The summed E-state index contributed by atoms with van der Waals surface area (Å²) in [5.41, 5.74) is 4.68. The number of nitriles is 1. The number of nitrogens with zero attached hydrogens (tertiary/aromatic N) is 4. The van der Waals surface area contributed by atoms with Crippen LogP contribution in [0.1, 0.15) is 28.8 Å². The van der Waals surface area contributed by atoms with Gasteiger partial charge in [-0.3, -0.25) is 9.48 Å². The number of amides is 1. The van der Waals surface area contributed by atoms with Gasteiger partial charge in [0.05, 0.1) is 11.1 Å². The van der Waals surface area contributed by atoms with Crippen LogP contribution in [0.3, 0.4) is 0 Å². The molecule has 0 bridgehead atoms. The number of aromatic nitrogens is 2. The molecule has 1 amide bonds. The van der Waals surface area contributed by atoms with Crippen LogP contribution in [0.5, 0.6) is 0 Å². The number of carbonyl (C=O) groups is 1. The van der Waals surface area contributed by atoms with Gasteiger partial charge in [0, 0.05) is 37.3 Å². The van der Waals surface area contributed by atoms with Crippen molar-refractivity contribution >= 4 is 16.8 Å². The van der Waals surface area contributed by atoms with Crippen molar-refractivity contribution in [2.75, 3.05) is 13.1 Å². The van der Waals surface area contributed by atoms with E-state index in [4.69, 9.17) is 5.26 Å². The van der Waals surface area contributed by atoms with E-state index in [1.165, 1.54) is 12.1 Å². The first-order valence-corrected chi connectivity index (χ1v) is 10.6. The van der Waals surface area contributed by atoms with Gasteiger partial charge in [-0.15, -0.1) is 0 Å². The van der Waals surface area contributed by atoms with E-state index in [0.717, 1.165) is 53.5 Å². The third kappa shape index (κ3) is 3.52. The highest BCUT2D eigenvalue weighted by atomic mass is 19.1. The molecule has 158 valence electrons. The minimum Gasteiger partial charge on any atom is -0.339 e. The normalized spacial score (nSPS) is 13.5. The Morgan fingerprint density at radius 2 is 1.75 bits per heavy atom. The molecule has 0 radical (unpaired) electrons. The van der Waals surface area contributed by atoms with E-state index in [9.17, 15) is 9.18 Å². The smallest absolute Gasteiger partial charge is 0.253 e. The SMILES string of the molecule is Cn1cc2cc(-c3ccc(C(=O)N4CCCC4)cc3-c3ccc(C#N)c(F)c3)ccc2n1. The second kappa shape index (κ2) is 7.93. The number of rotatable bonds is 3. The Morgan fingerprint density at radius 1 is 1.00 bits per heavy atom. The lowest BCUT2D eigenvalue weighted by Gasteiger charge is -2.18. The van der Waals surface area contributed by atoms with Crippen LogP contribution in [-0.2, 0) is 7.05 Å². The molecule has 1 aliphatic rings. The van der Waals surface area contributed by atoms with Gasteiger partial charge < -0.3 is 4.90 Å². The highest BCUT2D eigenvalue weighted by Gasteiger charge is 2.21. The van der Waals surface area contributed by atoms with E-state index in [-0.39, 0.29) is 11.5 Å². The van der Waals surface area contributed by atoms with Crippen molar-refractivity contribution in [1.29, 1.82) is 5.26 Å². The number of halogens is 1. The topological polar surface area (TPSA) is 61.9 Å². The molecule has 0 saturated carbocycles. The Kier molecular flexibility index (Phi) is 4.95. The summed E-state index contributed by atoms with van der Waals surface area (Å²) < 4.78 is 16.2. The predicted molar refractivity (Wildman–Crippen MR) is 121 cm³/mol. The van der Waals surface area contributed by atoms with E-state index in [1.807, 2.05) is 60.6 Å². The van der Waals surface area contributed by atoms with E-state index < -0.39 is 5.82 Å². The van der Waals surface area contributed by atoms with Gasteiger partial charge in [-0.2, -0.15) is 10.4 Å². The van der Waals surface area contributed by atoms with Crippen LogP contribution in [0.2, 0.25) is 0 Å². The maximum absolute atomic E-state index is 14.5. The molecule has 32 heavy (non-hydrogen) atoms. The maximum atomic E-state index is 14.5. The molecule has 0 N–H and O–H groups in total. The molecule has 1 aliphatic heterocycles. The number of hydrogen-bond donors (Lipinski definition) is 0. The Hall–Kier alpha value is -3.98. The van der Waals surface area contributed by atoms with Crippen LogP contribution in [0.4, 0.5) is 4.39 Å². The van der Waals surface area contributed by atoms with E-state index in [0.29, 0.717) is 11.1 Å². The third-order valence-electron chi connectivity index (χ3n) is 5.99. The van der Waals surface area contributed by atoms with Crippen molar-refractivity contribution in [1.82, 2.24) is 14.7 Å². The van der Waals surface area contributed by atoms with Crippen molar-refractivity contribution in [2.45, 2.75) is 12.8 Å². The van der Waals surface area contributed by atoms with Crippen LogP contribution in [0.25, 0.3) is 33.2 Å². The molecule has 0 atom stereocenters. The van der Waals surface area contributed by atoms with Gasteiger partial charge in [0.15, 0.2) is 0 Å². The number of benzene rings is 3. The molecule has 4 aromatic rings. The molecule has 1 fully saturated rings. The number of carbonyl (C=O) groups excluding carboxylic acids is 1. The van der Waals surface area contributed by atoms with E-state index >= 15 is 0 Å². The molecule has 2 heterocycles. The standard InChI is InChI=1S/C26H21FN4O/c1-30-16-21-12-17(7-9-25(21)29-30)22-8-6-19(26(32)31-10-2-3-11-31)13-23(22)18-4-5-20(15-28)24(27)14-18/h4-9,12-14,16H,2-3,10-11H2,1H3. The minimum atomic E-state index is -0.574. The Labute approximate surface area is 185 Å². The summed E-state index contributed by atoms with van der Waals surface area (Å²) in [7, 11) is 1.88. The fraction of sp³-hybridized carbons (Fsp3) is 0.192. The van der Waals surface area contributed by atoms with Crippen molar-refractivity contribution in [2.24, 2.45) is 7.05 Å². The zero-order valence-corrected chi connectivity index (χ0v) is 17.7. The molecule has 5 nitrogen and oxygen atoms in total. The average Bonchev–Trinajstić information content (AvgIpc) is 3.46. The largest absolute Gasteiger partial charge is 0.339 e. The lowest BCUT2D eigenvalue weighted by atomic mass is 9.91. The number of aryl methyl sites for hydroxylation is 1. The predicted octanol–water partition coefficient (Wildman–Crippen LogP) is 5.15.